The molecule has 0 fully saturated rings. The summed E-state index contributed by atoms with van der Waals surface area (Å²) in [4.78, 5) is 19.7. The van der Waals surface area contributed by atoms with Crippen LogP contribution >= 0.6 is 0 Å². The number of esters is 1. The first-order valence-electron chi connectivity index (χ1n) is 11.8. The van der Waals surface area contributed by atoms with Crippen LogP contribution in [0.4, 0.5) is 0 Å². The van der Waals surface area contributed by atoms with Crippen LogP contribution in [0, 0.1) is 0 Å². The molecule has 1 unspecified atom stereocenters. The molecule has 5 heteroatoms. The Bertz CT molecular complexity index is 1050. The summed E-state index contributed by atoms with van der Waals surface area (Å²) in [6.45, 7) is 6.39. The number of aromatic nitrogens is 1. The molecule has 0 radical (unpaired) electrons. The van der Waals surface area contributed by atoms with Crippen molar-refractivity contribution in [2.75, 3.05) is 19.8 Å². The SMILES string of the molecule is CCOC(=O)C1c2cc(OCCc3ccc(CC)cn3)ccc2CCN1Cc1ccccc1. The number of carbonyl (C=O) groups excluding carboxylic acids is 1. The summed E-state index contributed by atoms with van der Waals surface area (Å²) in [6, 6.07) is 20.1. The van der Waals surface area contributed by atoms with E-state index >= 15 is 0 Å². The van der Waals surface area contributed by atoms with Gasteiger partial charge in [-0.25, -0.2) is 4.79 Å². The van der Waals surface area contributed by atoms with E-state index in [0.29, 0.717) is 19.8 Å². The first-order valence-corrected chi connectivity index (χ1v) is 11.8. The molecular weight excluding hydrogens is 412 g/mol. The van der Waals surface area contributed by atoms with E-state index in [1.165, 1.54) is 16.7 Å². The van der Waals surface area contributed by atoms with Gasteiger partial charge in [0, 0.05) is 31.4 Å². The van der Waals surface area contributed by atoms with Crippen molar-refractivity contribution in [3.8, 4) is 5.75 Å². The fourth-order valence-corrected chi connectivity index (χ4v) is 4.31. The number of nitrogens with zero attached hydrogens (tertiary/aromatic N) is 2. The van der Waals surface area contributed by atoms with Gasteiger partial charge < -0.3 is 9.47 Å². The maximum absolute atomic E-state index is 13.0. The Kier molecular flexibility index (Phi) is 7.74. The Morgan fingerprint density at radius 1 is 1.06 bits per heavy atom. The molecule has 2 heterocycles. The molecule has 3 aromatic rings. The fourth-order valence-electron chi connectivity index (χ4n) is 4.31. The summed E-state index contributed by atoms with van der Waals surface area (Å²) < 4.78 is 11.5. The first-order chi connectivity index (χ1) is 16.2. The van der Waals surface area contributed by atoms with Gasteiger partial charge in [0.15, 0.2) is 0 Å². The van der Waals surface area contributed by atoms with E-state index in [2.05, 4.69) is 47.1 Å². The zero-order chi connectivity index (χ0) is 23.0. The number of hydrogen-bond acceptors (Lipinski definition) is 5. The van der Waals surface area contributed by atoms with Gasteiger partial charge in [-0.3, -0.25) is 9.88 Å². The summed E-state index contributed by atoms with van der Waals surface area (Å²) in [7, 11) is 0. The topological polar surface area (TPSA) is 51.7 Å². The molecule has 0 saturated carbocycles. The average molecular weight is 445 g/mol. The van der Waals surface area contributed by atoms with Crippen LogP contribution in [0.15, 0.2) is 66.9 Å². The lowest BCUT2D eigenvalue weighted by Crippen LogP contribution is -2.40. The van der Waals surface area contributed by atoms with Gasteiger partial charge in [0.2, 0.25) is 0 Å². The van der Waals surface area contributed by atoms with Crippen LogP contribution in [-0.2, 0) is 35.3 Å². The highest BCUT2D eigenvalue weighted by Crippen LogP contribution is 2.34. The van der Waals surface area contributed by atoms with Crippen LogP contribution in [0.2, 0.25) is 0 Å². The van der Waals surface area contributed by atoms with Gasteiger partial charge in [0.05, 0.1) is 13.2 Å². The van der Waals surface area contributed by atoms with E-state index < -0.39 is 6.04 Å². The lowest BCUT2D eigenvalue weighted by atomic mass is 9.91. The maximum Gasteiger partial charge on any atom is 0.328 e. The van der Waals surface area contributed by atoms with E-state index in [1.54, 1.807) is 0 Å². The maximum atomic E-state index is 13.0. The number of aryl methyl sites for hydroxylation is 1. The second kappa shape index (κ2) is 11.1. The van der Waals surface area contributed by atoms with Crippen LogP contribution in [0.25, 0.3) is 0 Å². The van der Waals surface area contributed by atoms with Crippen molar-refractivity contribution in [3.05, 3.63) is 94.8 Å². The van der Waals surface area contributed by atoms with E-state index in [9.17, 15) is 4.79 Å². The molecule has 5 nitrogen and oxygen atoms in total. The van der Waals surface area contributed by atoms with Gasteiger partial charge in [0.25, 0.3) is 0 Å². The van der Waals surface area contributed by atoms with Crippen molar-refractivity contribution in [1.29, 1.82) is 0 Å². The minimum absolute atomic E-state index is 0.202. The molecule has 33 heavy (non-hydrogen) atoms. The largest absolute Gasteiger partial charge is 0.493 e. The zero-order valence-electron chi connectivity index (χ0n) is 19.5. The monoisotopic (exact) mass is 444 g/mol. The second-order valence-corrected chi connectivity index (χ2v) is 8.33. The second-order valence-electron chi connectivity index (χ2n) is 8.33. The van der Waals surface area contributed by atoms with Crippen molar-refractivity contribution in [1.82, 2.24) is 9.88 Å². The van der Waals surface area contributed by atoms with E-state index in [1.807, 2.05) is 43.5 Å². The van der Waals surface area contributed by atoms with Crippen LogP contribution in [0.1, 0.15) is 47.8 Å². The third kappa shape index (κ3) is 5.79. The first kappa shape index (κ1) is 23.0. The van der Waals surface area contributed by atoms with Gasteiger partial charge in [-0.05, 0) is 60.2 Å². The molecule has 1 aliphatic heterocycles. The summed E-state index contributed by atoms with van der Waals surface area (Å²) in [5.41, 5.74) is 5.60. The third-order valence-corrected chi connectivity index (χ3v) is 6.10. The highest BCUT2D eigenvalue weighted by atomic mass is 16.5. The summed E-state index contributed by atoms with van der Waals surface area (Å²) >= 11 is 0. The van der Waals surface area contributed by atoms with Crippen LogP contribution in [-0.4, -0.2) is 35.6 Å². The molecule has 0 spiro atoms. The normalized spacial score (nSPS) is 15.6. The average Bonchev–Trinajstić information content (AvgIpc) is 2.85. The van der Waals surface area contributed by atoms with Crippen molar-refractivity contribution in [3.63, 3.8) is 0 Å². The number of benzene rings is 2. The lowest BCUT2D eigenvalue weighted by Gasteiger charge is -2.36. The minimum atomic E-state index is -0.430. The molecule has 0 N–H and O–H groups in total. The summed E-state index contributed by atoms with van der Waals surface area (Å²) in [6.07, 6.45) is 4.55. The van der Waals surface area contributed by atoms with E-state index in [4.69, 9.17) is 9.47 Å². The van der Waals surface area contributed by atoms with E-state index in [0.717, 1.165) is 42.8 Å². The molecule has 1 atom stereocenters. The Hall–Kier alpha value is -3.18. The summed E-state index contributed by atoms with van der Waals surface area (Å²) in [5.74, 6) is 0.571. The Labute approximate surface area is 196 Å². The lowest BCUT2D eigenvalue weighted by molar-refractivity contribution is -0.150. The molecule has 0 amide bonds. The van der Waals surface area contributed by atoms with Gasteiger partial charge in [-0.1, -0.05) is 49.4 Å². The molecule has 0 saturated heterocycles. The molecule has 2 aromatic carbocycles. The smallest absolute Gasteiger partial charge is 0.328 e. The van der Waals surface area contributed by atoms with Gasteiger partial charge in [-0.15, -0.1) is 0 Å². The Balaban J connectivity index is 1.49. The van der Waals surface area contributed by atoms with Gasteiger partial charge in [-0.2, -0.15) is 0 Å². The molecule has 0 bridgehead atoms. The molecule has 0 aliphatic carbocycles. The quantitative estimate of drug-likeness (QED) is 0.438. The van der Waals surface area contributed by atoms with Crippen molar-refractivity contribution >= 4 is 5.97 Å². The number of carbonyl (C=O) groups is 1. The van der Waals surface area contributed by atoms with Crippen LogP contribution in [0.5, 0.6) is 5.75 Å². The molecule has 4 rings (SSSR count). The molecule has 1 aliphatic rings. The van der Waals surface area contributed by atoms with Gasteiger partial charge in [0.1, 0.15) is 11.8 Å². The van der Waals surface area contributed by atoms with Crippen LogP contribution < -0.4 is 4.74 Å². The van der Waals surface area contributed by atoms with Gasteiger partial charge >= 0.3 is 5.97 Å². The highest BCUT2D eigenvalue weighted by molar-refractivity contribution is 5.79. The fraction of sp³-hybridized carbons (Fsp3) is 0.357. The van der Waals surface area contributed by atoms with Crippen LogP contribution in [0.3, 0.4) is 0 Å². The van der Waals surface area contributed by atoms with E-state index in [-0.39, 0.29) is 5.97 Å². The standard InChI is InChI=1S/C28H32N2O3/c1-3-21-10-12-24(29-19-21)15-17-33-25-13-11-23-14-16-30(20-22-8-6-5-7-9-22)27(26(23)18-25)28(31)32-4-2/h5-13,18-19,27H,3-4,14-17,20H2,1-2H3. The predicted octanol–water partition coefficient (Wildman–Crippen LogP) is 4.93. The molecule has 1 aromatic heterocycles. The van der Waals surface area contributed by atoms with Crippen molar-refractivity contribution in [2.45, 2.75) is 45.7 Å². The zero-order valence-corrected chi connectivity index (χ0v) is 19.5. The van der Waals surface area contributed by atoms with Crippen molar-refractivity contribution < 1.29 is 14.3 Å². The number of pyridine rings is 1. The summed E-state index contributed by atoms with van der Waals surface area (Å²) in [5, 5.41) is 0. The molecule has 172 valence electrons. The Morgan fingerprint density at radius 3 is 2.64 bits per heavy atom. The minimum Gasteiger partial charge on any atom is -0.493 e. The third-order valence-electron chi connectivity index (χ3n) is 6.10. The number of ether oxygens (including phenoxy) is 2. The molecular formula is C28H32N2O3. The number of fused-ring (bicyclic) bond motifs is 1. The Morgan fingerprint density at radius 2 is 1.91 bits per heavy atom. The highest BCUT2D eigenvalue weighted by Gasteiger charge is 2.34. The van der Waals surface area contributed by atoms with Crippen molar-refractivity contribution in [2.24, 2.45) is 0 Å². The number of rotatable bonds is 9. The predicted molar refractivity (Wildman–Crippen MR) is 129 cm³/mol. The number of hydrogen-bond donors (Lipinski definition) is 0.